The number of carbonyl (C=O) groups excluding carboxylic acids is 2. The van der Waals surface area contributed by atoms with E-state index < -0.39 is 0 Å². The Morgan fingerprint density at radius 1 is 1.56 bits per heavy atom. The van der Waals surface area contributed by atoms with Crippen molar-refractivity contribution in [3.05, 3.63) is 29.3 Å². The molecule has 0 atom stereocenters. The van der Waals surface area contributed by atoms with Crippen LogP contribution < -0.4 is 10.6 Å². The summed E-state index contributed by atoms with van der Waals surface area (Å²) >= 11 is 0. The molecular formula is C13H14N2O3. The van der Waals surface area contributed by atoms with Gasteiger partial charge in [-0.15, -0.1) is 6.42 Å². The van der Waals surface area contributed by atoms with Crippen molar-refractivity contribution in [1.82, 2.24) is 5.32 Å². The Bertz CT molecular complexity index is 478. The van der Waals surface area contributed by atoms with Crippen molar-refractivity contribution in [2.45, 2.75) is 6.61 Å². The van der Waals surface area contributed by atoms with Gasteiger partial charge >= 0.3 is 0 Å². The topological polar surface area (TPSA) is 67.4 Å². The minimum Gasteiger partial charge on any atom is -0.463 e. The van der Waals surface area contributed by atoms with Gasteiger partial charge in [-0.1, -0.05) is 12.0 Å². The second kappa shape index (κ2) is 6.97. The largest absolute Gasteiger partial charge is 0.463 e. The van der Waals surface area contributed by atoms with Crippen LogP contribution in [0.15, 0.2) is 18.2 Å². The normalized spacial score (nSPS) is 9.11. The first-order valence-corrected chi connectivity index (χ1v) is 5.30. The van der Waals surface area contributed by atoms with Crippen molar-refractivity contribution in [2.75, 3.05) is 18.9 Å². The van der Waals surface area contributed by atoms with E-state index in [-0.39, 0.29) is 19.1 Å². The Balaban J connectivity index is 2.99. The van der Waals surface area contributed by atoms with Crippen molar-refractivity contribution in [3.63, 3.8) is 0 Å². The lowest BCUT2D eigenvalue weighted by molar-refractivity contribution is -0.129. The van der Waals surface area contributed by atoms with Gasteiger partial charge in [-0.2, -0.15) is 0 Å². The number of amides is 1. The summed E-state index contributed by atoms with van der Waals surface area (Å²) < 4.78 is 4.67. The zero-order chi connectivity index (χ0) is 13.4. The fourth-order valence-corrected chi connectivity index (χ4v) is 1.42. The molecule has 0 saturated carbocycles. The minimum atomic E-state index is -0.297. The first kappa shape index (κ1) is 13.6. The summed E-state index contributed by atoms with van der Waals surface area (Å²) in [7, 11) is 1.75. The highest BCUT2D eigenvalue weighted by atomic mass is 16.5. The lowest BCUT2D eigenvalue weighted by atomic mass is 10.1. The molecule has 1 amide bonds. The predicted octanol–water partition coefficient (Wildman–Crippen LogP) is 0.764. The Morgan fingerprint density at radius 3 is 2.94 bits per heavy atom. The van der Waals surface area contributed by atoms with Crippen LogP contribution in [0.2, 0.25) is 0 Å². The molecule has 5 heteroatoms. The molecular weight excluding hydrogens is 232 g/mol. The van der Waals surface area contributed by atoms with Crippen LogP contribution in [-0.2, 0) is 16.1 Å². The molecule has 0 bridgehead atoms. The molecule has 0 spiro atoms. The standard InChI is InChI=1S/C13H14N2O3/c1-3-6-15-13(17)12-7-11(14-2)5-4-10(12)8-18-9-16/h1,4-5,7,9,14H,6,8H2,2H3,(H,15,17). The van der Waals surface area contributed by atoms with E-state index in [4.69, 9.17) is 6.42 Å². The summed E-state index contributed by atoms with van der Waals surface area (Å²) in [4.78, 5) is 22.1. The summed E-state index contributed by atoms with van der Waals surface area (Å²) in [5.74, 6) is 2.03. The number of carbonyl (C=O) groups is 2. The van der Waals surface area contributed by atoms with Crippen molar-refractivity contribution in [1.29, 1.82) is 0 Å². The van der Waals surface area contributed by atoms with E-state index in [0.717, 1.165) is 5.69 Å². The molecule has 5 nitrogen and oxygen atoms in total. The van der Waals surface area contributed by atoms with Gasteiger partial charge in [0, 0.05) is 23.9 Å². The summed E-state index contributed by atoms with van der Waals surface area (Å²) in [5, 5.41) is 5.50. The van der Waals surface area contributed by atoms with Crippen LogP contribution in [0.4, 0.5) is 5.69 Å². The second-order valence-electron chi connectivity index (χ2n) is 3.42. The molecule has 94 valence electrons. The van der Waals surface area contributed by atoms with Crippen LogP contribution in [-0.4, -0.2) is 26.0 Å². The molecule has 0 saturated heterocycles. The number of terminal acetylenes is 1. The highest BCUT2D eigenvalue weighted by Gasteiger charge is 2.11. The number of ether oxygens (including phenoxy) is 1. The average molecular weight is 246 g/mol. The Labute approximate surface area is 106 Å². The lowest BCUT2D eigenvalue weighted by Gasteiger charge is -2.10. The molecule has 18 heavy (non-hydrogen) atoms. The summed E-state index contributed by atoms with van der Waals surface area (Å²) in [6.07, 6.45) is 5.08. The van der Waals surface area contributed by atoms with Crippen molar-refractivity contribution < 1.29 is 14.3 Å². The molecule has 0 heterocycles. The third-order valence-electron chi connectivity index (χ3n) is 2.30. The average Bonchev–Trinajstić information content (AvgIpc) is 2.42. The van der Waals surface area contributed by atoms with Crippen LogP contribution in [0, 0.1) is 12.3 Å². The van der Waals surface area contributed by atoms with E-state index in [1.54, 1.807) is 25.2 Å². The maximum atomic E-state index is 11.9. The fourth-order valence-electron chi connectivity index (χ4n) is 1.42. The predicted molar refractivity (Wildman–Crippen MR) is 68.0 cm³/mol. The summed E-state index contributed by atoms with van der Waals surface area (Å²) in [6.45, 7) is 0.540. The fraction of sp³-hybridized carbons (Fsp3) is 0.231. The second-order valence-corrected chi connectivity index (χ2v) is 3.42. The highest BCUT2D eigenvalue weighted by molar-refractivity contribution is 5.96. The first-order valence-electron chi connectivity index (χ1n) is 5.30. The third-order valence-corrected chi connectivity index (χ3v) is 2.30. The van der Waals surface area contributed by atoms with E-state index >= 15 is 0 Å². The number of anilines is 1. The van der Waals surface area contributed by atoms with Crippen molar-refractivity contribution in [2.24, 2.45) is 0 Å². The third kappa shape index (κ3) is 3.52. The molecule has 0 radical (unpaired) electrons. The van der Waals surface area contributed by atoms with Gasteiger partial charge in [-0.3, -0.25) is 9.59 Å². The smallest absolute Gasteiger partial charge is 0.293 e. The van der Waals surface area contributed by atoms with Crippen LogP contribution in [0.5, 0.6) is 0 Å². The SMILES string of the molecule is C#CCNC(=O)c1cc(NC)ccc1COC=O. The van der Waals surface area contributed by atoms with Crippen LogP contribution in [0.1, 0.15) is 15.9 Å². The molecule has 1 aromatic carbocycles. The van der Waals surface area contributed by atoms with E-state index in [1.807, 2.05) is 0 Å². The number of rotatable bonds is 6. The lowest BCUT2D eigenvalue weighted by Crippen LogP contribution is -2.25. The number of hydrogen-bond donors (Lipinski definition) is 2. The van der Waals surface area contributed by atoms with Gasteiger partial charge in [0.1, 0.15) is 6.61 Å². The zero-order valence-electron chi connectivity index (χ0n) is 10.0. The molecule has 1 rings (SSSR count). The van der Waals surface area contributed by atoms with Crippen molar-refractivity contribution in [3.8, 4) is 12.3 Å². The molecule has 0 aliphatic rings. The summed E-state index contributed by atoms with van der Waals surface area (Å²) in [6, 6.07) is 5.19. The van der Waals surface area contributed by atoms with Gasteiger partial charge in [-0.05, 0) is 12.1 Å². The van der Waals surface area contributed by atoms with Crippen LogP contribution >= 0.6 is 0 Å². The van der Waals surface area contributed by atoms with E-state index in [1.165, 1.54) is 0 Å². The Hall–Kier alpha value is -2.48. The van der Waals surface area contributed by atoms with Crippen molar-refractivity contribution >= 4 is 18.1 Å². The van der Waals surface area contributed by atoms with Gasteiger partial charge in [0.15, 0.2) is 0 Å². The van der Waals surface area contributed by atoms with E-state index in [2.05, 4.69) is 21.3 Å². The molecule has 0 aromatic heterocycles. The highest BCUT2D eigenvalue weighted by Crippen LogP contribution is 2.16. The number of nitrogens with one attached hydrogen (secondary N) is 2. The molecule has 2 N–H and O–H groups in total. The monoisotopic (exact) mass is 246 g/mol. The van der Waals surface area contributed by atoms with Gasteiger partial charge < -0.3 is 15.4 Å². The Kier molecular flexibility index (Phi) is 5.26. The Morgan fingerprint density at radius 2 is 2.33 bits per heavy atom. The van der Waals surface area contributed by atoms with E-state index in [9.17, 15) is 9.59 Å². The van der Waals surface area contributed by atoms with E-state index in [0.29, 0.717) is 17.6 Å². The molecule has 0 unspecified atom stereocenters. The maximum absolute atomic E-state index is 11.9. The molecule has 1 aromatic rings. The first-order chi connectivity index (χ1) is 8.72. The van der Waals surface area contributed by atoms with Gasteiger partial charge in [0.05, 0.1) is 6.54 Å². The van der Waals surface area contributed by atoms with Crippen LogP contribution in [0.25, 0.3) is 0 Å². The van der Waals surface area contributed by atoms with Gasteiger partial charge in [-0.25, -0.2) is 0 Å². The number of hydrogen-bond acceptors (Lipinski definition) is 4. The van der Waals surface area contributed by atoms with Crippen LogP contribution in [0.3, 0.4) is 0 Å². The quantitative estimate of drug-likeness (QED) is 0.574. The summed E-state index contributed by atoms with van der Waals surface area (Å²) in [5.41, 5.74) is 1.84. The molecule has 0 aliphatic heterocycles. The minimum absolute atomic E-state index is 0.0479. The van der Waals surface area contributed by atoms with Gasteiger partial charge in [0.2, 0.25) is 0 Å². The zero-order valence-corrected chi connectivity index (χ0v) is 10.0. The number of benzene rings is 1. The van der Waals surface area contributed by atoms with Gasteiger partial charge in [0.25, 0.3) is 12.4 Å². The molecule has 0 fully saturated rings. The molecule has 0 aliphatic carbocycles. The maximum Gasteiger partial charge on any atom is 0.293 e.